The van der Waals surface area contributed by atoms with Gasteiger partial charge in [0.25, 0.3) is 6.43 Å². The van der Waals surface area contributed by atoms with Crippen molar-refractivity contribution in [2.45, 2.75) is 13.3 Å². The lowest BCUT2D eigenvalue weighted by atomic mass is 10.2. The molecule has 0 N–H and O–H groups in total. The van der Waals surface area contributed by atoms with Crippen molar-refractivity contribution in [3.8, 4) is 0 Å². The van der Waals surface area contributed by atoms with Crippen molar-refractivity contribution in [3.05, 3.63) is 29.1 Å². The van der Waals surface area contributed by atoms with Crippen LogP contribution in [0.5, 0.6) is 0 Å². The maximum Gasteiger partial charge on any atom is 0.280 e. The van der Waals surface area contributed by atoms with E-state index >= 15 is 0 Å². The van der Waals surface area contributed by atoms with Crippen molar-refractivity contribution >= 4 is 0 Å². The molecule has 1 aromatic rings. The minimum absolute atomic E-state index is 0.169. The molecule has 0 aliphatic heterocycles. The van der Waals surface area contributed by atoms with E-state index < -0.39 is 23.9 Å². The molecule has 0 bridgehead atoms. The first-order chi connectivity index (χ1) is 5.52. The summed E-state index contributed by atoms with van der Waals surface area (Å²) in [6.45, 7) is 1.20. The Kier molecular flexibility index (Phi) is 2.30. The Hall–Kier alpha value is -1.13. The van der Waals surface area contributed by atoms with Crippen molar-refractivity contribution < 1.29 is 17.6 Å². The minimum Gasteiger partial charge on any atom is -0.216 e. The number of aromatic nitrogens is 1. The fraction of sp³-hybridized carbons (Fsp3) is 0.286. The second kappa shape index (κ2) is 3.08. The maximum absolute atomic E-state index is 12.5. The Morgan fingerprint density at radius 1 is 1.33 bits per heavy atom. The highest BCUT2D eigenvalue weighted by Crippen LogP contribution is 2.19. The summed E-state index contributed by atoms with van der Waals surface area (Å²) in [6.07, 6.45) is -2.88. The number of nitrogens with zero attached hydrogens (tertiary/aromatic N) is 1. The molecule has 0 aliphatic rings. The van der Waals surface area contributed by atoms with Gasteiger partial charge in [-0.25, -0.2) is 18.2 Å². The summed E-state index contributed by atoms with van der Waals surface area (Å²) < 4.78 is 48.7. The highest BCUT2D eigenvalue weighted by Gasteiger charge is 2.14. The number of hydrogen-bond acceptors (Lipinski definition) is 1. The summed E-state index contributed by atoms with van der Waals surface area (Å²) in [5.74, 6) is -2.66. The van der Waals surface area contributed by atoms with E-state index in [2.05, 4.69) is 4.98 Å². The van der Waals surface area contributed by atoms with Gasteiger partial charge in [0.05, 0.1) is 0 Å². The molecule has 0 spiro atoms. The summed E-state index contributed by atoms with van der Waals surface area (Å²) in [4.78, 5) is 2.74. The van der Waals surface area contributed by atoms with Crippen LogP contribution < -0.4 is 0 Å². The van der Waals surface area contributed by atoms with Gasteiger partial charge in [-0.1, -0.05) is 0 Å². The largest absolute Gasteiger partial charge is 0.280 e. The second-order valence-corrected chi connectivity index (χ2v) is 2.27. The molecule has 0 saturated heterocycles. The topological polar surface area (TPSA) is 12.9 Å². The Bertz CT molecular complexity index is 274. The van der Waals surface area contributed by atoms with E-state index in [0.717, 1.165) is 6.07 Å². The zero-order valence-electron chi connectivity index (χ0n) is 6.11. The average Bonchev–Trinajstić information content (AvgIpc) is 1.99. The highest BCUT2D eigenvalue weighted by atomic mass is 19.3. The van der Waals surface area contributed by atoms with Crippen molar-refractivity contribution in [1.29, 1.82) is 0 Å². The number of halogens is 4. The Labute approximate surface area is 66.0 Å². The van der Waals surface area contributed by atoms with Gasteiger partial charge in [0, 0.05) is 0 Å². The van der Waals surface area contributed by atoms with E-state index in [1.54, 1.807) is 0 Å². The van der Waals surface area contributed by atoms with Crippen LogP contribution in [0.2, 0.25) is 0 Å². The van der Waals surface area contributed by atoms with E-state index in [0.29, 0.717) is 0 Å². The normalized spacial score (nSPS) is 10.8. The molecule has 1 nitrogen and oxygen atoms in total. The molecule has 1 aromatic heterocycles. The summed E-state index contributed by atoms with van der Waals surface area (Å²) in [6, 6.07) is 0.822. The molecule has 1 rings (SSSR count). The molecule has 0 aliphatic carbocycles. The van der Waals surface area contributed by atoms with E-state index in [-0.39, 0.29) is 5.56 Å². The van der Waals surface area contributed by atoms with Crippen LogP contribution in [0.1, 0.15) is 17.7 Å². The van der Waals surface area contributed by atoms with Gasteiger partial charge in [-0.05, 0) is 18.6 Å². The predicted octanol–water partition coefficient (Wildman–Crippen LogP) is 2.61. The SMILES string of the molecule is Cc1cc(C(F)F)nc(F)c1F. The zero-order valence-corrected chi connectivity index (χ0v) is 6.11. The minimum atomic E-state index is -2.88. The molecule has 0 aromatic carbocycles. The van der Waals surface area contributed by atoms with Gasteiger partial charge < -0.3 is 0 Å². The molecule has 12 heavy (non-hydrogen) atoms. The van der Waals surface area contributed by atoms with Gasteiger partial charge >= 0.3 is 0 Å². The van der Waals surface area contributed by atoms with Crippen LogP contribution in [0.25, 0.3) is 0 Å². The lowest BCUT2D eigenvalue weighted by molar-refractivity contribution is 0.144. The van der Waals surface area contributed by atoms with E-state index in [1.165, 1.54) is 6.92 Å². The third-order valence-electron chi connectivity index (χ3n) is 1.34. The number of aryl methyl sites for hydroxylation is 1. The van der Waals surface area contributed by atoms with Gasteiger partial charge in [-0.15, -0.1) is 0 Å². The quantitative estimate of drug-likeness (QED) is 0.477. The molecule has 0 fully saturated rings. The lowest BCUT2D eigenvalue weighted by Gasteiger charge is -2.01. The first kappa shape index (κ1) is 8.96. The van der Waals surface area contributed by atoms with Gasteiger partial charge in [0.15, 0.2) is 5.82 Å². The molecular formula is C7H5F4N. The molecule has 0 radical (unpaired) electrons. The number of hydrogen-bond donors (Lipinski definition) is 0. The fourth-order valence-corrected chi connectivity index (χ4v) is 0.754. The Morgan fingerprint density at radius 3 is 2.33 bits per heavy atom. The van der Waals surface area contributed by atoms with E-state index in [9.17, 15) is 17.6 Å². The van der Waals surface area contributed by atoms with Gasteiger partial charge in [0.1, 0.15) is 5.69 Å². The molecule has 0 unspecified atom stereocenters. The third kappa shape index (κ3) is 1.54. The van der Waals surface area contributed by atoms with Crippen LogP contribution in [0.3, 0.4) is 0 Å². The summed E-state index contributed by atoms with van der Waals surface area (Å²) in [5.41, 5.74) is -0.913. The molecule has 0 atom stereocenters. The highest BCUT2D eigenvalue weighted by molar-refractivity contribution is 5.18. The summed E-state index contributed by atoms with van der Waals surface area (Å²) in [7, 11) is 0. The number of alkyl halides is 2. The van der Waals surface area contributed by atoms with Crippen molar-refractivity contribution in [2.75, 3.05) is 0 Å². The smallest absolute Gasteiger partial charge is 0.216 e. The van der Waals surface area contributed by atoms with Crippen LogP contribution in [-0.2, 0) is 0 Å². The van der Waals surface area contributed by atoms with Gasteiger partial charge in [-0.3, -0.25) is 0 Å². The van der Waals surface area contributed by atoms with E-state index in [1.807, 2.05) is 0 Å². The van der Waals surface area contributed by atoms with Crippen molar-refractivity contribution in [2.24, 2.45) is 0 Å². The molecule has 5 heteroatoms. The number of pyridine rings is 1. The molecular weight excluding hydrogens is 174 g/mol. The van der Waals surface area contributed by atoms with Crippen LogP contribution in [0, 0.1) is 18.7 Å². The van der Waals surface area contributed by atoms with Gasteiger partial charge in [0.2, 0.25) is 5.95 Å². The third-order valence-corrected chi connectivity index (χ3v) is 1.34. The first-order valence-electron chi connectivity index (χ1n) is 3.13. The molecule has 66 valence electrons. The predicted molar refractivity (Wildman–Crippen MR) is 33.8 cm³/mol. The standard InChI is InChI=1S/C7H5F4N/c1-3-2-4(6(9)10)12-7(11)5(3)8/h2,6H,1H3. The fourth-order valence-electron chi connectivity index (χ4n) is 0.754. The van der Waals surface area contributed by atoms with Crippen molar-refractivity contribution in [1.82, 2.24) is 4.98 Å². The Morgan fingerprint density at radius 2 is 1.92 bits per heavy atom. The zero-order chi connectivity index (χ0) is 9.30. The second-order valence-electron chi connectivity index (χ2n) is 2.27. The van der Waals surface area contributed by atoms with E-state index in [4.69, 9.17) is 0 Å². The monoisotopic (exact) mass is 179 g/mol. The number of rotatable bonds is 1. The van der Waals surface area contributed by atoms with Crippen molar-refractivity contribution in [3.63, 3.8) is 0 Å². The summed E-state index contributed by atoms with van der Waals surface area (Å²) >= 11 is 0. The first-order valence-corrected chi connectivity index (χ1v) is 3.13. The maximum atomic E-state index is 12.5. The molecule has 0 amide bonds. The molecule has 1 heterocycles. The summed E-state index contributed by atoms with van der Waals surface area (Å²) in [5, 5.41) is 0. The van der Waals surface area contributed by atoms with Crippen LogP contribution >= 0.6 is 0 Å². The molecule has 0 saturated carbocycles. The van der Waals surface area contributed by atoms with Crippen LogP contribution in [-0.4, -0.2) is 4.98 Å². The average molecular weight is 179 g/mol. The Balaban J connectivity index is 3.21. The van der Waals surface area contributed by atoms with Crippen LogP contribution in [0.15, 0.2) is 6.07 Å². The lowest BCUT2D eigenvalue weighted by Crippen LogP contribution is -1.99. The van der Waals surface area contributed by atoms with Gasteiger partial charge in [-0.2, -0.15) is 4.39 Å². The van der Waals surface area contributed by atoms with Crippen LogP contribution in [0.4, 0.5) is 17.6 Å².